The quantitative estimate of drug-likeness (QED) is 0.900. The molecule has 0 radical (unpaired) electrons. The van der Waals surface area contributed by atoms with Crippen molar-refractivity contribution in [3.8, 4) is 11.4 Å². The van der Waals surface area contributed by atoms with Crippen LogP contribution in [0.4, 0.5) is 0 Å². The minimum absolute atomic E-state index is 0.627. The van der Waals surface area contributed by atoms with Crippen molar-refractivity contribution in [1.29, 1.82) is 0 Å². The molecular weight excluding hydrogens is 266 g/mol. The molecular formula is C15H21N5O. The molecule has 0 saturated carbocycles. The van der Waals surface area contributed by atoms with E-state index >= 15 is 0 Å². The monoisotopic (exact) mass is 287 g/mol. The summed E-state index contributed by atoms with van der Waals surface area (Å²) in [4.78, 5) is 10.7. The first-order valence-corrected chi connectivity index (χ1v) is 7.43. The fraction of sp³-hybridized carbons (Fsp3) is 0.533. The Bertz CT molecular complexity index is 550. The van der Waals surface area contributed by atoms with Crippen molar-refractivity contribution in [1.82, 2.24) is 25.3 Å². The van der Waals surface area contributed by atoms with Crippen LogP contribution >= 0.6 is 0 Å². The highest BCUT2D eigenvalue weighted by molar-refractivity contribution is 5.52. The molecule has 0 aromatic carbocycles. The molecule has 1 aliphatic rings. The van der Waals surface area contributed by atoms with Crippen LogP contribution in [0.2, 0.25) is 0 Å². The number of hydrogen-bond donors (Lipinski definition) is 1. The fourth-order valence-electron chi connectivity index (χ4n) is 2.74. The highest BCUT2D eigenvalue weighted by atomic mass is 16.5. The van der Waals surface area contributed by atoms with Gasteiger partial charge in [-0.05, 0) is 51.0 Å². The molecule has 6 heteroatoms. The first kappa shape index (κ1) is 14.2. The Morgan fingerprint density at radius 3 is 2.81 bits per heavy atom. The van der Waals surface area contributed by atoms with Gasteiger partial charge >= 0.3 is 0 Å². The summed E-state index contributed by atoms with van der Waals surface area (Å²) in [6.07, 6.45) is 5.95. The Morgan fingerprint density at radius 1 is 1.29 bits per heavy atom. The van der Waals surface area contributed by atoms with Crippen molar-refractivity contribution in [2.75, 3.05) is 26.7 Å². The number of hydrogen-bond acceptors (Lipinski definition) is 6. The predicted octanol–water partition coefficient (Wildman–Crippen LogP) is 1.56. The number of nitrogens with zero attached hydrogens (tertiary/aromatic N) is 4. The van der Waals surface area contributed by atoms with Crippen LogP contribution < -0.4 is 5.32 Å². The minimum atomic E-state index is 0.627. The lowest BCUT2D eigenvalue weighted by molar-refractivity contribution is 0.210. The standard InChI is InChI=1S/C15H21N5O/c1-20(10-12-2-6-16-7-3-12)11-14-18-15(19-21-14)13-4-8-17-9-5-13/h4-5,8-9,12,16H,2-3,6-7,10-11H2,1H3. The summed E-state index contributed by atoms with van der Waals surface area (Å²) >= 11 is 0. The topological polar surface area (TPSA) is 67.1 Å². The summed E-state index contributed by atoms with van der Waals surface area (Å²) < 4.78 is 5.34. The molecule has 2 aromatic heterocycles. The Morgan fingerprint density at radius 2 is 2.05 bits per heavy atom. The maximum Gasteiger partial charge on any atom is 0.241 e. The fourth-order valence-corrected chi connectivity index (χ4v) is 2.74. The Labute approximate surface area is 124 Å². The van der Waals surface area contributed by atoms with Gasteiger partial charge in [0.15, 0.2) is 0 Å². The Hall–Kier alpha value is -1.79. The van der Waals surface area contributed by atoms with Crippen LogP contribution in [0, 0.1) is 5.92 Å². The average molecular weight is 287 g/mol. The van der Waals surface area contributed by atoms with Gasteiger partial charge in [-0.3, -0.25) is 9.88 Å². The van der Waals surface area contributed by atoms with E-state index in [2.05, 4.69) is 32.4 Å². The molecule has 1 aliphatic heterocycles. The van der Waals surface area contributed by atoms with Gasteiger partial charge in [-0.25, -0.2) is 0 Å². The average Bonchev–Trinajstić information content (AvgIpc) is 2.97. The molecule has 0 aliphatic carbocycles. The maximum absolute atomic E-state index is 5.34. The van der Waals surface area contributed by atoms with Crippen LogP contribution in [0.25, 0.3) is 11.4 Å². The van der Waals surface area contributed by atoms with Crippen molar-refractivity contribution >= 4 is 0 Å². The van der Waals surface area contributed by atoms with Crippen molar-refractivity contribution in [2.24, 2.45) is 5.92 Å². The van der Waals surface area contributed by atoms with Crippen LogP contribution in [-0.2, 0) is 6.54 Å². The van der Waals surface area contributed by atoms with E-state index < -0.39 is 0 Å². The van der Waals surface area contributed by atoms with Gasteiger partial charge in [-0.2, -0.15) is 4.98 Å². The number of piperidine rings is 1. The van der Waals surface area contributed by atoms with Gasteiger partial charge in [0, 0.05) is 24.5 Å². The SMILES string of the molecule is CN(Cc1nc(-c2ccncc2)no1)CC1CCNCC1. The smallest absolute Gasteiger partial charge is 0.241 e. The molecule has 3 rings (SSSR count). The van der Waals surface area contributed by atoms with Crippen molar-refractivity contribution in [3.63, 3.8) is 0 Å². The second kappa shape index (κ2) is 6.78. The molecule has 0 amide bonds. The number of rotatable bonds is 5. The zero-order chi connectivity index (χ0) is 14.5. The first-order chi connectivity index (χ1) is 10.3. The van der Waals surface area contributed by atoms with Crippen LogP contribution in [0.15, 0.2) is 29.0 Å². The summed E-state index contributed by atoms with van der Waals surface area (Å²) in [7, 11) is 2.11. The normalized spacial score (nSPS) is 16.5. The molecule has 1 saturated heterocycles. The lowest BCUT2D eigenvalue weighted by Crippen LogP contribution is -2.34. The van der Waals surface area contributed by atoms with E-state index in [1.54, 1.807) is 12.4 Å². The van der Waals surface area contributed by atoms with Crippen LogP contribution in [0.3, 0.4) is 0 Å². The van der Waals surface area contributed by atoms with Gasteiger partial charge in [-0.15, -0.1) is 0 Å². The lowest BCUT2D eigenvalue weighted by Gasteiger charge is -2.26. The Kier molecular flexibility index (Phi) is 4.57. The third-order valence-electron chi connectivity index (χ3n) is 3.84. The van der Waals surface area contributed by atoms with E-state index in [0.29, 0.717) is 18.3 Å². The molecule has 6 nitrogen and oxygen atoms in total. The number of pyridine rings is 1. The zero-order valence-corrected chi connectivity index (χ0v) is 12.3. The molecule has 112 valence electrons. The maximum atomic E-state index is 5.34. The third kappa shape index (κ3) is 3.86. The molecule has 2 aromatic rings. The summed E-state index contributed by atoms with van der Waals surface area (Å²) in [5.41, 5.74) is 0.931. The number of nitrogens with one attached hydrogen (secondary N) is 1. The van der Waals surface area contributed by atoms with E-state index in [0.717, 1.165) is 31.1 Å². The van der Waals surface area contributed by atoms with Crippen molar-refractivity contribution < 1.29 is 4.52 Å². The van der Waals surface area contributed by atoms with Gasteiger partial charge in [-0.1, -0.05) is 5.16 Å². The van der Waals surface area contributed by atoms with E-state index in [9.17, 15) is 0 Å². The molecule has 1 N–H and O–H groups in total. The molecule has 1 fully saturated rings. The summed E-state index contributed by atoms with van der Waals surface area (Å²) in [6, 6.07) is 3.76. The van der Waals surface area contributed by atoms with Gasteiger partial charge < -0.3 is 9.84 Å². The second-order valence-electron chi connectivity index (χ2n) is 5.64. The van der Waals surface area contributed by atoms with E-state index in [4.69, 9.17) is 4.52 Å². The molecule has 0 atom stereocenters. The summed E-state index contributed by atoms with van der Waals surface area (Å²) in [5.74, 6) is 2.06. The minimum Gasteiger partial charge on any atom is -0.338 e. The highest BCUT2D eigenvalue weighted by Gasteiger charge is 2.17. The summed E-state index contributed by atoms with van der Waals surface area (Å²) in [5, 5.41) is 7.43. The predicted molar refractivity (Wildman–Crippen MR) is 79.5 cm³/mol. The molecule has 21 heavy (non-hydrogen) atoms. The molecule has 0 spiro atoms. The largest absolute Gasteiger partial charge is 0.338 e. The van der Waals surface area contributed by atoms with E-state index in [1.165, 1.54) is 12.8 Å². The molecule has 0 bridgehead atoms. The van der Waals surface area contributed by atoms with Crippen LogP contribution in [0.1, 0.15) is 18.7 Å². The molecule has 0 unspecified atom stereocenters. The lowest BCUT2D eigenvalue weighted by atomic mass is 9.98. The van der Waals surface area contributed by atoms with Crippen molar-refractivity contribution in [3.05, 3.63) is 30.4 Å². The summed E-state index contributed by atoms with van der Waals surface area (Å²) in [6.45, 7) is 4.03. The highest BCUT2D eigenvalue weighted by Crippen LogP contribution is 2.16. The van der Waals surface area contributed by atoms with Gasteiger partial charge in [0.1, 0.15) is 0 Å². The van der Waals surface area contributed by atoms with Gasteiger partial charge in [0.25, 0.3) is 0 Å². The van der Waals surface area contributed by atoms with Crippen molar-refractivity contribution in [2.45, 2.75) is 19.4 Å². The third-order valence-corrected chi connectivity index (χ3v) is 3.84. The van der Waals surface area contributed by atoms with Crippen LogP contribution in [0.5, 0.6) is 0 Å². The van der Waals surface area contributed by atoms with Gasteiger partial charge in [0.05, 0.1) is 6.54 Å². The van der Waals surface area contributed by atoms with Gasteiger partial charge in [0.2, 0.25) is 11.7 Å². The molecule has 3 heterocycles. The number of aromatic nitrogens is 3. The van der Waals surface area contributed by atoms with E-state index in [1.807, 2.05) is 12.1 Å². The Balaban J connectivity index is 1.56. The zero-order valence-electron chi connectivity index (χ0n) is 12.3. The van der Waals surface area contributed by atoms with E-state index in [-0.39, 0.29) is 0 Å². The van der Waals surface area contributed by atoms with Crippen LogP contribution in [-0.4, -0.2) is 46.7 Å². The first-order valence-electron chi connectivity index (χ1n) is 7.43. The second-order valence-corrected chi connectivity index (χ2v) is 5.64.